The topological polar surface area (TPSA) is 58.6 Å². The Hall–Kier alpha value is -0.570. The van der Waals surface area contributed by atoms with E-state index in [1.54, 1.807) is 14.0 Å². The SMILES string of the molecule is CN=C(N)C(C)O. The first-order chi connectivity index (χ1) is 3.18. The summed E-state index contributed by atoms with van der Waals surface area (Å²) in [5.41, 5.74) is 5.12. The zero-order chi connectivity index (χ0) is 5.86. The summed E-state index contributed by atoms with van der Waals surface area (Å²) in [5.74, 6) is 0.278. The van der Waals surface area contributed by atoms with E-state index in [-0.39, 0.29) is 5.84 Å². The standard InChI is InChI=1S/C4H10N2O/c1-3(7)4(5)6-2/h3,7H,1-2H3,(H2,5,6). The van der Waals surface area contributed by atoms with E-state index in [4.69, 9.17) is 10.8 Å². The average Bonchev–Trinajstić information content (AvgIpc) is 1.65. The van der Waals surface area contributed by atoms with Gasteiger partial charge in [-0.05, 0) is 6.92 Å². The lowest BCUT2D eigenvalue weighted by Gasteiger charge is -1.98. The Balaban J connectivity index is 3.56. The molecule has 0 aromatic carbocycles. The molecule has 0 saturated carbocycles. The van der Waals surface area contributed by atoms with Crippen LogP contribution in [0.5, 0.6) is 0 Å². The van der Waals surface area contributed by atoms with Crippen LogP contribution >= 0.6 is 0 Å². The molecule has 0 bridgehead atoms. The number of hydrogen-bond donors (Lipinski definition) is 2. The molecule has 0 aliphatic carbocycles. The maximum atomic E-state index is 8.57. The molecule has 0 aromatic heterocycles. The van der Waals surface area contributed by atoms with Crippen LogP contribution in [0, 0.1) is 0 Å². The van der Waals surface area contributed by atoms with Gasteiger partial charge in [0.2, 0.25) is 0 Å². The van der Waals surface area contributed by atoms with Crippen molar-refractivity contribution in [2.75, 3.05) is 7.05 Å². The Morgan fingerprint density at radius 1 is 1.86 bits per heavy atom. The smallest absolute Gasteiger partial charge is 0.122 e. The lowest BCUT2D eigenvalue weighted by atomic mass is 10.4. The maximum absolute atomic E-state index is 8.57. The summed E-state index contributed by atoms with van der Waals surface area (Å²) in [6.07, 6.45) is -0.606. The van der Waals surface area contributed by atoms with Crippen LogP contribution in [-0.4, -0.2) is 24.1 Å². The molecule has 0 spiro atoms. The fraction of sp³-hybridized carbons (Fsp3) is 0.750. The van der Waals surface area contributed by atoms with E-state index in [0.29, 0.717) is 0 Å². The van der Waals surface area contributed by atoms with Gasteiger partial charge < -0.3 is 10.8 Å². The molecule has 0 saturated heterocycles. The highest BCUT2D eigenvalue weighted by molar-refractivity contribution is 5.83. The van der Waals surface area contributed by atoms with E-state index in [1.807, 2.05) is 0 Å². The molecule has 1 atom stereocenters. The van der Waals surface area contributed by atoms with Crippen molar-refractivity contribution in [2.45, 2.75) is 13.0 Å². The van der Waals surface area contributed by atoms with E-state index in [0.717, 1.165) is 0 Å². The second-order valence-electron chi connectivity index (χ2n) is 1.32. The number of aliphatic hydroxyl groups is 1. The van der Waals surface area contributed by atoms with Gasteiger partial charge in [0.15, 0.2) is 0 Å². The zero-order valence-corrected chi connectivity index (χ0v) is 4.55. The van der Waals surface area contributed by atoms with Crippen LogP contribution in [0.25, 0.3) is 0 Å². The van der Waals surface area contributed by atoms with Crippen LogP contribution in [-0.2, 0) is 0 Å². The first kappa shape index (κ1) is 6.43. The Kier molecular flexibility index (Phi) is 2.37. The molecule has 0 aliphatic rings. The third-order valence-electron chi connectivity index (χ3n) is 0.686. The minimum Gasteiger partial charge on any atom is -0.386 e. The van der Waals surface area contributed by atoms with Crippen molar-refractivity contribution in [1.29, 1.82) is 0 Å². The second kappa shape index (κ2) is 2.58. The van der Waals surface area contributed by atoms with E-state index < -0.39 is 6.10 Å². The first-order valence-electron chi connectivity index (χ1n) is 2.08. The van der Waals surface area contributed by atoms with Gasteiger partial charge in [-0.1, -0.05) is 0 Å². The minimum atomic E-state index is -0.606. The van der Waals surface area contributed by atoms with Gasteiger partial charge in [-0.15, -0.1) is 0 Å². The second-order valence-corrected chi connectivity index (χ2v) is 1.32. The van der Waals surface area contributed by atoms with Crippen molar-refractivity contribution in [3.05, 3.63) is 0 Å². The highest BCUT2D eigenvalue weighted by Crippen LogP contribution is 1.75. The lowest BCUT2D eigenvalue weighted by molar-refractivity contribution is 0.260. The molecule has 42 valence electrons. The molecule has 3 nitrogen and oxygen atoms in total. The summed E-state index contributed by atoms with van der Waals surface area (Å²) in [4.78, 5) is 3.53. The van der Waals surface area contributed by atoms with Crippen LogP contribution in [0.4, 0.5) is 0 Å². The van der Waals surface area contributed by atoms with E-state index >= 15 is 0 Å². The van der Waals surface area contributed by atoms with Gasteiger partial charge in [0.05, 0.1) is 0 Å². The Morgan fingerprint density at radius 2 is 2.29 bits per heavy atom. The van der Waals surface area contributed by atoms with Crippen LogP contribution in [0.1, 0.15) is 6.92 Å². The number of nitrogens with zero attached hydrogens (tertiary/aromatic N) is 1. The van der Waals surface area contributed by atoms with Gasteiger partial charge in [-0.25, -0.2) is 0 Å². The van der Waals surface area contributed by atoms with Crippen LogP contribution in [0.15, 0.2) is 4.99 Å². The number of aliphatic imine (C=N–C) groups is 1. The van der Waals surface area contributed by atoms with Crippen molar-refractivity contribution >= 4 is 5.84 Å². The monoisotopic (exact) mass is 102 g/mol. The van der Waals surface area contributed by atoms with Gasteiger partial charge in [-0.2, -0.15) is 0 Å². The molecular weight excluding hydrogens is 92.1 g/mol. The molecule has 0 amide bonds. The minimum absolute atomic E-state index is 0.278. The van der Waals surface area contributed by atoms with Crippen LogP contribution < -0.4 is 5.73 Å². The average molecular weight is 102 g/mol. The zero-order valence-electron chi connectivity index (χ0n) is 4.55. The fourth-order valence-corrected chi connectivity index (χ4v) is 0.187. The number of aliphatic hydroxyl groups excluding tert-OH is 1. The van der Waals surface area contributed by atoms with Crippen molar-refractivity contribution in [1.82, 2.24) is 0 Å². The summed E-state index contributed by atoms with van der Waals surface area (Å²) >= 11 is 0. The van der Waals surface area contributed by atoms with E-state index in [1.165, 1.54) is 0 Å². The predicted molar refractivity (Wildman–Crippen MR) is 29.2 cm³/mol. The predicted octanol–water partition coefficient (Wildman–Crippen LogP) is -0.646. The number of rotatable bonds is 1. The van der Waals surface area contributed by atoms with Crippen molar-refractivity contribution < 1.29 is 5.11 Å². The van der Waals surface area contributed by atoms with Crippen LogP contribution in [0.3, 0.4) is 0 Å². The van der Waals surface area contributed by atoms with Gasteiger partial charge in [-0.3, -0.25) is 4.99 Å². The molecule has 0 heterocycles. The number of nitrogens with two attached hydrogens (primary N) is 1. The summed E-state index contributed by atoms with van der Waals surface area (Å²) in [6, 6.07) is 0. The molecule has 3 N–H and O–H groups in total. The van der Waals surface area contributed by atoms with Gasteiger partial charge in [0.25, 0.3) is 0 Å². The van der Waals surface area contributed by atoms with Gasteiger partial charge in [0, 0.05) is 7.05 Å². The molecule has 0 rings (SSSR count). The summed E-state index contributed by atoms with van der Waals surface area (Å²) in [7, 11) is 1.54. The largest absolute Gasteiger partial charge is 0.386 e. The normalized spacial score (nSPS) is 16.7. The van der Waals surface area contributed by atoms with Crippen molar-refractivity contribution in [2.24, 2.45) is 10.7 Å². The fourth-order valence-electron chi connectivity index (χ4n) is 0.187. The summed E-state index contributed by atoms with van der Waals surface area (Å²) < 4.78 is 0. The van der Waals surface area contributed by atoms with E-state index in [9.17, 15) is 0 Å². The summed E-state index contributed by atoms with van der Waals surface area (Å²) in [5, 5.41) is 8.57. The molecular formula is C4H10N2O. The van der Waals surface area contributed by atoms with Crippen molar-refractivity contribution in [3.8, 4) is 0 Å². The lowest BCUT2D eigenvalue weighted by Crippen LogP contribution is -2.25. The third-order valence-corrected chi connectivity index (χ3v) is 0.686. The molecule has 3 heteroatoms. The molecule has 0 aliphatic heterocycles. The van der Waals surface area contributed by atoms with Gasteiger partial charge >= 0.3 is 0 Å². The van der Waals surface area contributed by atoms with Crippen molar-refractivity contribution in [3.63, 3.8) is 0 Å². The maximum Gasteiger partial charge on any atom is 0.122 e. The van der Waals surface area contributed by atoms with Crippen LogP contribution in [0.2, 0.25) is 0 Å². The van der Waals surface area contributed by atoms with Gasteiger partial charge in [0.1, 0.15) is 11.9 Å². The Morgan fingerprint density at radius 3 is 2.29 bits per heavy atom. The Bertz CT molecular complexity index is 77.8. The quantitative estimate of drug-likeness (QED) is 0.341. The first-order valence-corrected chi connectivity index (χ1v) is 2.08. The molecule has 7 heavy (non-hydrogen) atoms. The van der Waals surface area contributed by atoms with E-state index in [2.05, 4.69) is 4.99 Å². The molecule has 1 unspecified atom stereocenters. The number of hydrogen-bond acceptors (Lipinski definition) is 2. The highest BCUT2D eigenvalue weighted by Gasteiger charge is 1.95. The molecule has 0 radical (unpaired) electrons. The third kappa shape index (κ3) is 2.17. The number of amidine groups is 1. The molecule has 0 fully saturated rings. The molecule has 0 aromatic rings. The summed E-state index contributed by atoms with van der Waals surface area (Å²) in [6.45, 7) is 1.57. The highest BCUT2D eigenvalue weighted by atomic mass is 16.3. The Labute approximate surface area is 42.9 Å².